The first-order chi connectivity index (χ1) is 38.4. The largest absolute Gasteiger partial charge is 0.311 e. The number of anilines is 9. The Morgan fingerprint density at radius 3 is 1.52 bits per heavy atom. The number of aryl methyl sites for hydroxylation is 1. The summed E-state index contributed by atoms with van der Waals surface area (Å²) >= 11 is 1.95. The van der Waals surface area contributed by atoms with Crippen molar-refractivity contribution in [1.82, 2.24) is 0 Å². The van der Waals surface area contributed by atoms with Crippen LogP contribution in [0.2, 0.25) is 0 Å². The van der Waals surface area contributed by atoms with Crippen LogP contribution in [-0.4, -0.2) is 6.71 Å². The van der Waals surface area contributed by atoms with Crippen molar-refractivity contribution in [2.45, 2.75) is 188 Å². The third kappa shape index (κ3) is 8.62. The van der Waals surface area contributed by atoms with E-state index in [4.69, 9.17) is 0 Å². The number of rotatable bonds is 5. The van der Waals surface area contributed by atoms with E-state index in [9.17, 15) is 0 Å². The Morgan fingerprint density at radius 1 is 0.439 bits per heavy atom. The molecule has 8 aromatic carbocycles. The quantitative estimate of drug-likeness (QED) is 0.159. The summed E-state index contributed by atoms with van der Waals surface area (Å²) in [5.41, 5.74) is 26.6. The van der Waals surface area contributed by atoms with Gasteiger partial charge in [0.05, 0.1) is 10.4 Å². The SMILES string of the molecule is Cc1cc2c3c(c1)N(c1ccc(C(C)(C)C)c4c1sc1ccccc14)c1cc(N(c4ccc(C(C)(C)C)cc4)c4ccc(C(C)(C)C)cc4)ccc1B3c1cc3c(cc1N2c1ccc2c(c1)C(C)(C)CCC2(C)C)C(C)(C)CCC3(C)C. The molecular weight excluding hydrogens is 1010 g/mol. The van der Waals surface area contributed by atoms with E-state index in [1.165, 1.54) is 128 Å². The number of hydrogen-bond acceptors (Lipinski definition) is 4. The minimum absolute atomic E-state index is 0.0169. The third-order valence-electron chi connectivity index (χ3n) is 20.1. The van der Waals surface area contributed by atoms with E-state index in [1.807, 2.05) is 11.3 Å². The standard InChI is InChI=1S/C77H86BN3S/c1-47-41-65-69-66(42-47)81(62-36-34-56(73(8,9)10)68-54-21-19-20-22-67(54)82-70(62)68)63-44-53(79(50-27-23-48(24-28-50)71(2,3)4)51-29-25-49(26-30-51)72(5,6)7)32-35-60(63)78(69)61-45-58-59(77(17,18)40-39-76(58,15)16)46-64(61)80(65)52-31-33-55-57(43-52)75(13,14)38-37-74(55,11)12/h19-36,41-46H,37-40H2,1-18H3. The van der Waals surface area contributed by atoms with Crippen molar-refractivity contribution in [3.63, 3.8) is 0 Å². The molecule has 82 heavy (non-hydrogen) atoms. The summed E-state index contributed by atoms with van der Waals surface area (Å²) in [7, 11) is 0. The van der Waals surface area contributed by atoms with Crippen LogP contribution < -0.4 is 31.1 Å². The lowest BCUT2D eigenvalue weighted by Crippen LogP contribution is -2.62. The highest BCUT2D eigenvalue weighted by Gasteiger charge is 2.48. The smallest absolute Gasteiger partial charge is 0.252 e. The number of benzene rings is 8. The molecule has 0 bridgehead atoms. The van der Waals surface area contributed by atoms with E-state index >= 15 is 0 Å². The molecule has 0 amide bonds. The Labute approximate surface area is 495 Å². The van der Waals surface area contributed by atoms with Gasteiger partial charge in [0.1, 0.15) is 0 Å². The fourth-order valence-corrected chi connectivity index (χ4v) is 16.1. The maximum absolute atomic E-state index is 2.72. The zero-order valence-corrected chi connectivity index (χ0v) is 53.3. The number of fused-ring (bicyclic) bond motifs is 9. The van der Waals surface area contributed by atoms with Crippen LogP contribution in [0.25, 0.3) is 20.2 Å². The lowest BCUT2D eigenvalue weighted by Gasteiger charge is -2.48. The summed E-state index contributed by atoms with van der Waals surface area (Å²) in [6.07, 6.45) is 4.67. The molecule has 0 unspecified atom stereocenters. The molecule has 4 aliphatic rings. The van der Waals surface area contributed by atoms with E-state index in [2.05, 4.69) is 285 Å². The van der Waals surface area contributed by atoms with Gasteiger partial charge in [-0.2, -0.15) is 0 Å². The molecule has 0 radical (unpaired) electrons. The van der Waals surface area contributed by atoms with Crippen molar-refractivity contribution in [3.05, 3.63) is 190 Å². The lowest BCUT2D eigenvalue weighted by atomic mass is 9.33. The van der Waals surface area contributed by atoms with Crippen LogP contribution in [0.15, 0.2) is 146 Å². The molecule has 0 spiro atoms. The molecule has 0 saturated carbocycles. The lowest BCUT2D eigenvalue weighted by molar-refractivity contribution is 0.332. The summed E-state index contributed by atoms with van der Waals surface area (Å²) < 4.78 is 2.65. The van der Waals surface area contributed by atoms with Gasteiger partial charge in [-0.3, -0.25) is 0 Å². The average molecular weight is 1100 g/mol. The highest BCUT2D eigenvalue weighted by Crippen LogP contribution is 2.55. The van der Waals surface area contributed by atoms with Crippen LogP contribution >= 0.6 is 11.3 Å². The molecule has 418 valence electrons. The monoisotopic (exact) mass is 1100 g/mol. The van der Waals surface area contributed by atoms with E-state index in [-0.39, 0.29) is 44.6 Å². The Hall–Kier alpha value is -6.56. The summed E-state index contributed by atoms with van der Waals surface area (Å²) in [5, 5.41) is 2.71. The van der Waals surface area contributed by atoms with Crippen LogP contribution in [0.1, 0.15) is 188 Å². The van der Waals surface area contributed by atoms with Crippen molar-refractivity contribution in [2.75, 3.05) is 14.7 Å². The highest BCUT2D eigenvalue weighted by atomic mass is 32.1. The maximum Gasteiger partial charge on any atom is 0.252 e. The van der Waals surface area contributed by atoms with Gasteiger partial charge in [0, 0.05) is 61.0 Å². The van der Waals surface area contributed by atoms with Gasteiger partial charge in [0.15, 0.2) is 0 Å². The minimum Gasteiger partial charge on any atom is -0.311 e. The van der Waals surface area contributed by atoms with Crippen molar-refractivity contribution < 1.29 is 0 Å². The van der Waals surface area contributed by atoms with Crippen LogP contribution in [0.3, 0.4) is 0 Å². The number of thiophene rings is 1. The van der Waals surface area contributed by atoms with Gasteiger partial charge >= 0.3 is 0 Å². The van der Waals surface area contributed by atoms with Crippen molar-refractivity contribution in [1.29, 1.82) is 0 Å². The van der Waals surface area contributed by atoms with E-state index in [0.717, 1.165) is 29.9 Å². The van der Waals surface area contributed by atoms with Gasteiger partial charge in [0.25, 0.3) is 6.71 Å². The zero-order chi connectivity index (χ0) is 58.2. The van der Waals surface area contributed by atoms with Gasteiger partial charge in [-0.1, -0.05) is 184 Å². The second-order valence-electron chi connectivity index (χ2n) is 30.9. The van der Waals surface area contributed by atoms with Gasteiger partial charge in [0.2, 0.25) is 0 Å². The molecule has 5 heteroatoms. The summed E-state index contributed by atoms with van der Waals surface area (Å²) in [5.74, 6) is 0. The van der Waals surface area contributed by atoms with Crippen molar-refractivity contribution >= 4 is 106 Å². The topological polar surface area (TPSA) is 9.72 Å². The van der Waals surface area contributed by atoms with Gasteiger partial charge < -0.3 is 14.7 Å². The zero-order valence-electron chi connectivity index (χ0n) is 52.5. The Morgan fingerprint density at radius 2 is 0.951 bits per heavy atom. The van der Waals surface area contributed by atoms with Crippen LogP contribution in [-0.2, 0) is 37.9 Å². The first-order valence-electron chi connectivity index (χ1n) is 30.6. The van der Waals surface area contributed by atoms with E-state index in [0.29, 0.717) is 0 Å². The molecule has 0 fully saturated rings. The van der Waals surface area contributed by atoms with Crippen LogP contribution in [0.4, 0.5) is 51.2 Å². The molecule has 1 aromatic heterocycles. The maximum atomic E-state index is 2.72. The number of hydrogen-bond donors (Lipinski definition) is 0. The van der Waals surface area contributed by atoms with Crippen LogP contribution in [0, 0.1) is 6.92 Å². The Balaban J connectivity index is 1.14. The molecule has 0 saturated heterocycles. The summed E-state index contributed by atoms with van der Waals surface area (Å²) in [4.78, 5) is 7.93. The second-order valence-corrected chi connectivity index (χ2v) is 32.0. The van der Waals surface area contributed by atoms with Crippen LogP contribution in [0.5, 0.6) is 0 Å². The minimum atomic E-state index is -0.0723. The normalized spacial score (nSPS) is 17.5. The van der Waals surface area contributed by atoms with Crippen molar-refractivity contribution in [2.24, 2.45) is 0 Å². The molecule has 3 heterocycles. The first kappa shape index (κ1) is 54.7. The third-order valence-corrected chi connectivity index (χ3v) is 21.3. The Bertz CT molecular complexity index is 4010. The average Bonchev–Trinajstić information content (AvgIpc) is 3.23. The predicted octanol–water partition coefficient (Wildman–Crippen LogP) is 20.5. The molecular formula is C77H86BN3S. The van der Waals surface area contributed by atoms with Gasteiger partial charge in [-0.15, -0.1) is 11.3 Å². The van der Waals surface area contributed by atoms with Crippen molar-refractivity contribution in [3.8, 4) is 0 Å². The fraction of sp³-hybridized carbons (Fsp3) is 0.377. The predicted molar refractivity (Wildman–Crippen MR) is 359 cm³/mol. The molecule has 0 atom stereocenters. The molecule has 2 aliphatic heterocycles. The fourth-order valence-electron chi connectivity index (χ4n) is 14.9. The molecule has 2 aliphatic carbocycles. The van der Waals surface area contributed by atoms with Gasteiger partial charge in [-0.25, -0.2) is 0 Å². The number of nitrogens with zero attached hydrogens (tertiary/aromatic N) is 3. The first-order valence-corrected chi connectivity index (χ1v) is 31.4. The van der Waals surface area contributed by atoms with E-state index in [1.54, 1.807) is 0 Å². The molecule has 3 nitrogen and oxygen atoms in total. The summed E-state index contributed by atoms with van der Waals surface area (Å²) in [6.45, 7) is 43.2. The highest BCUT2D eigenvalue weighted by molar-refractivity contribution is 7.26. The Kier molecular flexibility index (Phi) is 12.2. The molecule has 9 aromatic rings. The molecule has 0 N–H and O–H groups in total. The van der Waals surface area contributed by atoms with E-state index < -0.39 is 0 Å². The molecule has 13 rings (SSSR count). The summed E-state index contributed by atoms with van der Waals surface area (Å²) in [6, 6.07) is 58.3. The van der Waals surface area contributed by atoms with Gasteiger partial charge in [-0.05, 0) is 210 Å². The second kappa shape index (κ2) is 18.2.